The van der Waals surface area contributed by atoms with Gasteiger partial charge in [-0.1, -0.05) is 74.2 Å². The van der Waals surface area contributed by atoms with Gasteiger partial charge in [-0.15, -0.1) is 0 Å². The average Bonchev–Trinajstić information content (AvgIpc) is 3.13. The second-order valence-corrected chi connectivity index (χ2v) is 11.6. The molecule has 0 aliphatic heterocycles. The maximum absolute atomic E-state index is 12.7. The summed E-state index contributed by atoms with van der Waals surface area (Å²) in [7, 11) is 0. The van der Waals surface area contributed by atoms with Crippen LogP contribution in [0.1, 0.15) is 67.3 Å². The van der Waals surface area contributed by atoms with Gasteiger partial charge in [-0.3, -0.25) is 9.59 Å². The molecule has 0 atom stereocenters. The largest absolute Gasteiger partial charge is 0.513 e. The van der Waals surface area contributed by atoms with Gasteiger partial charge in [-0.25, -0.2) is 14.4 Å². The van der Waals surface area contributed by atoms with Gasteiger partial charge in [0.05, 0.1) is 19.6 Å². The van der Waals surface area contributed by atoms with Crippen LogP contribution < -0.4 is 9.47 Å². The van der Waals surface area contributed by atoms with Crippen molar-refractivity contribution in [3.05, 3.63) is 115 Å². The van der Waals surface area contributed by atoms with E-state index in [1.165, 1.54) is 6.08 Å². The summed E-state index contributed by atoms with van der Waals surface area (Å²) in [4.78, 5) is 60.2. The van der Waals surface area contributed by atoms with E-state index in [9.17, 15) is 24.0 Å². The van der Waals surface area contributed by atoms with Gasteiger partial charge in [-0.2, -0.15) is 0 Å². The number of ether oxygens (including phenoxy) is 5. The Hall–Kier alpha value is -5.77. The maximum atomic E-state index is 12.7. The van der Waals surface area contributed by atoms with Gasteiger partial charge in [-0.05, 0) is 85.6 Å². The molecular weight excluding hydrogens is 640 g/mol. The molecule has 1 fully saturated rings. The van der Waals surface area contributed by atoms with Crippen LogP contribution in [0.4, 0.5) is 4.79 Å². The first kappa shape index (κ1) is 37.1. The first-order valence-corrected chi connectivity index (χ1v) is 16.5. The lowest BCUT2D eigenvalue weighted by atomic mass is 9.98. The third-order valence-electron chi connectivity index (χ3n) is 7.74. The Morgan fingerprint density at radius 1 is 0.720 bits per heavy atom. The normalized spacial score (nSPS) is 12.8. The predicted octanol–water partition coefficient (Wildman–Crippen LogP) is 8.00. The first-order valence-electron chi connectivity index (χ1n) is 16.5. The smallest absolute Gasteiger partial charge is 0.462 e. The minimum atomic E-state index is -0.859. The van der Waals surface area contributed by atoms with Crippen molar-refractivity contribution in [1.82, 2.24) is 0 Å². The third-order valence-corrected chi connectivity index (χ3v) is 7.74. The summed E-state index contributed by atoms with van der Waals surface area (Å²) >= 11 is 0. The zero-order valence-corrected chi connectivity index (χ0v) is 27.8. The monoisotopic (exact) mass is 680 g/mol. The maximum Gasteiger partial charge on any atom is 0.513 e. The molecule has 0 unspecified atom stereocenters. The topological polar surface area (TPSA) is 132 Å². The number of hydrogen-bond acceptors (Lipinski definition) is 10. The predicted molar refractivity (Wildman–Crippen MR) is 186 cm³/mol. The molecule has 50 heavy (non-hydrogen) atoms. The third kappa shape index (κ3) is 12.4. The van der Waals surface area contributed by atoms with E-state index in [1.807, 2.05) is 12.1 Å². The molecule has 1 aliphatic carbocycles. The van der Waals surface area contributed by atoms with Gasteiger partial charge >= 0.3 is 24.1 Å². The molecule has 0 bridgehead atoms. The summed E-state index contributed by atoms with van der Waals surface area (Å²) in [6.45, 7) is 7.16. The van der Waals surface area contributed by atoms with Crippen molar-refractivity contribution in [3.8, 4) is 22.6 Å². The summed E-state index contributed by atoms with van der Waals surface area (Å²) in [6, 6.07) is 20.7. The number of ketones is 1. The Kier molecular flexibility index (Phi) is 14.3. The van der Waals surface area contributed by atoms with Gasteiger partial charge in [0.2, 0.25) is 0 Å². The lowest BCUT2D eigenvalue weighted by Gasteiger charge is -2.21. The van der Waals surface area contributed by atoms with Crippen LogP contribution in [0.15, 0.2) is 104 Å². The molecule has 10 heteroatoms. The van der Waals surface area contributed by atoms with Crippen molar-refractivity contribution < 1.29 is 47.7 Å². The highest BCUT2D eigenvalue weighted by molar-refractivity contribution is 6.07. The number of rotatable bonds is 16. The van der Waals surface area contributed by atoms with Crippen molar-refractivity contribution >= 4 is 35.9 Å². The van der Waals surface area contributed by atoms with Crippen LogP contribution in [0.5, 0.6) is 11.5 Å². The number of carbonyl (C=O) groups is 5. The Morgan fingerprint density at radius 2 is 1.30 bits per heavy atom. The molecule has 0 spiro atoms. The summed E-state index contributed by atoms with van der Waals surface area (Å²) in [5, 5.41) is 0. The number of unbranched alkanes of at least 4 members (excludes halogenated alkanes) is 1. The second-order valence-electron chi connectivity index (χ2n) is 11.6. The fourth-order valence-corrected chi connectivity index (χ4v) is 5.02. The Labute approximate surface area is 291 Å². The SMILES string of the molecule is C=CC(=O)Oc1ccc(/C=C/C(=O)c2ccc(-c3ccc(OC(=O)OCCCCOC(=O)C(=C)CC(=O)OC4CCCCC4)cc3)cc2)cc1. The van der Waals surface area contributed by atoms with E-state index in [2.05, 4.69) is 13.2 Å². The standard InChI is InChI=1S/C40H40O10/c1-3-37(42)48-34-20-11-29(12-21-34)13-24-36(41)32-16-14-30(15-17-32)31-18-22-35(23-19-31)50-40(45)47-26-8-7-25-46-39(44)28(2)27-38(43)49-33-9-5-4-6-10-33/h3,11-24,33H,1-2,4-10,25-27H2/b24-13+. The zero-order chi connectivity index (χ0) is 35.7. The summed E-state index contributed by atoms with van der Waals surface area (Å²) in [5.41, 5.74) is 3.05. The molecule has 3 aromatic rings. The highest BCUT2D eigenvalue weighted by atomic mass is 16.7. The molecule has 3 aromatic carbocycles. The molecule has 0 radical (unpaired) electrons. The van der Waals surface area contributed by atoms with E-state index < -0.39 is 24.1 Å². The molecule has 1 saturated carbocycles. The quantitative estimate of drug-likeness (QED) is 0.0279. The Bertz CT molecular complexity index is 1680. The van der Waals surface area contributed by atoms with Crippen LogP contribution in [0.25, 0.3) is 17.2 Å². The Morgan fingerprint density at radius 3 is 1.94 bits per heavy atom. The second kappa shape index (κ2) is 19.3. The van der Waals surface area contributed by atoms with Gasteiger partial charge < -0.3 is 23.7 Å². The van der Waals surface area contributed by atoms with Gasteiger partial charge in [0.25, 0.3) is 0 Å². The van der Waals surface area contributed by atoms with E-state index in [1.54, 1.807) is 66.7 Å². The fourth-order valence-electron chi connectivity index (χ4n) is 5.02. The van der Waals surface area contributed by atoms with Crippen LogP contribution in [0, 0.1) is 0 Å². The lowest BCUT2D eigenvalue weighted by Crippen LogP contribution is -2.22. The number of esters is 3. The van der Waals surface area contributed by atoms with E-state index in [0.29, 0.717) is 29.9 Å². The molecule has 260 valence electrons. The number of allylic oxidation sites excluding steroid dienone is 1. The number of benzene rings is 3. The summed E-state index contributed by atoms with van der Waals surface area (Å²) < 4.78 is 26.0. The molecule has 0 aromatic heterocycles. The highest BCUT2D eigenvalue weighted by Gasteiger charge is 2.20. The fraction of sp³-hybridized carbons (Fsp3) is 0.275. The van der Waals surface area contributed by atoms with Gasteiger partial charge in [0, 0.05) is 17.2 Å². The molecule has 1 aliphatic rings. The van der Waals surface area contributed by atoms with Crippen LogP contribution in [0.2, 0.25) is 0 Å². The van der Waals surface area contributed by atoms with E-state index in [-0.39, 0.29) is 37.1 Å². The number of hydrogen-bond donors (Lipinski definition) is 0. The van der Waals surface area contributed by atoms with Crippen molar-refractivity contribution in [1.29, 1.82) is 0 Å². The van der Waals surface area contributed by atoms with Crippen LogP contribution in [0.3, 0.4) is 0 Å². The first-order chi connectivity index (χ1) is 24.2. The number of carbonyl (C=O) groups excluding carboxylic acids is 5. The van der Waals surface area contributed by atoms with Crippen LogP contribution in [-0.2, 0) is 28.6 Å². The van der Waals surface area contributed by atoms with Gasteiger partial charge in [0.15, 0.2) is 5.78 Å². The van der Waals surface area contributed by atoms with Crippen molar-refractivity contribution in [2.45, 2.75) is 57.5 Å². The summed E-state index contributed by atoms with van der Waals surface area (Å²) in [6.07, 6.45) is 8.90. The Balaban J connectivity index is 1.11. The minimum Gasteiger partial charge on any atom is -0.462 e. The molecule has 10 nitrogen and oxygen atoms in total. The van der Waals surface area contributed by atoms with Crippen molar-refractivity contribution in [2.75, 3.05) is 13.2 Å². The molecule has 0 amide bonds. The van der Waals surface area contributed by atoms with Crippen LogP contribution >= 0.6 is 0 Å². The lowest BCUT2D eigenvalue weighted by molar-refractivity contribution is -0.151. The average molecular weight is 681 g/mol. The summed E-state index contributed by atoms with van der Waals surface area (Å²) in [5.74, 6) is -1.15. The molecule has 0 heterocycles. The minimum absolute atomic E-state index is 0.0452. The van der Waals surface area contributed by atoms with E-state index in [4.69, 9.17) is 23.7 Å². The molecular formula is C40H40O10. The highest BCUT2D eigenvalue weighted by Crippen LogP contribution is 2.24. The van der Waals surface area contributed by atoms with E-state index in [0.717, 1.165) is 54.9 Å². The zero-order valence-electron chi connectivity index (χ0n) is 27.8. The molecule has 0 N–H and O–H groups in total. The van der Waals surface area contributed by atoms with Crippen LogP contribution in [-0.4, -0.2) is 49.2 Å². The van der Waals surface area contributed by atoms with Crippen molar-refractivity contribution in [2.24, 2.45) is 0 Å². The molecule has 4 rings (SSSR count). The van der Waals surface area contributed by atoms with Gasteiger partial charge in [0.1, 0.15) is 17.6 Å². The van der Waals surface area contributed by atoms with E-state index >= 15 is 0 Å². The molecule has 0 saturated heterocycles. The van der Waals surface area contributed by atoms with Crippen molar-refractivity contribution in [3.63, 3.8) is 0 Å².